The molecule has 0 unspecified atom stereocenters. The summed E-state index contributed by atoms with van der Waals surface area (Å²) in [5, 5.41) is 1.84. The fourth-order valence-corrected chi connectivity index (χ4v) is 11.1. The van der Waals surface area contributed by atoms with E-state index >= 15 is 0 Å². The van der Waals surface area contributed by atoms with Crippen molar-refractivity contribution in [2.45, 2.75) is 108 Å². The zero-order valence-corrected chi connectivity index (χ0v) is 44.2. The van der Waals surface area contributed by atoms with Gasteiger partial charge in [-0.2, -0.15) is 13.2 Å². The Balaban J connectivity index is 0.000000320. The van der Waals surface area contributed by atoms with Gasteiger partial charge >= 0.3 is 110 Å². The summed E-state index contributed by atoms with van der Waals surface area (Å²) >= 11 is -1.79. The molecule has 3 aromatic heterocycles. The van der Waals surface area contributed by atoms with Crippen molar-refractivity contribution in [2.75, 3.05) is 0 Å². The average molecular weight is 1140 g/mol. The Kier molecular flexibility index (Phi) is 14.5. The Bertz CT molecular complexity index is 3010. The third-order valence-corrected chi connectivity index (χ3v) is 17.3. The predicted octanol–water partition coefficient (Wildman–Crippen LogP) is 17.0. The molecule has 3 nitrogen and oxygen atoms in total. The molecule has 1 radical (unpaired) electrons. The van der Waals surface area contributed by atoms with Gasteiger partial charge in [-0.3, -0.25) is 0 Å². The Labute approximate surface area is 411 Å². The minimum Gasteiger partial charge on any atom is 0 e. The molecule has 8 aromatic rings. The summed E-state index contributed by atoms with van der Waals surface area (Å²) in [6, 6.07) is 38.5. The van der Waals surface area contributed by atoms with Crippen LogP contribution in [0.5, 0.6) is 0 Å². The van der Waals surface area contributed by atoms with Crippen molar-refractivity contribution in [3.8, 4) is 44.8 Å². The number of pyridine rings is 2. The summed E-state index contributed by atoms with van der Waals surface area (Å²) in [5.41, 5.74) is 11.5. The van der Waals surface area contributed by atoms with Crippen molar-refractivity contribution >= 4 is 39.6 Å². The van der Waals surface area contributed by atoms with Crippen LogP contribution in [-0.2, 0) is 26.3 Å². The molecule has 67 heavy (non-hydrogen) atoms. The molecule has 0 aliphatic heterocycles. The molecular formula is C58H58F4GeIrN2O-2. The second-order valence-electron chi connectivity index (χ2n) is 20.1. The number of hydrogen-bond donors (Lipinski definition) is 0. The molecule has 0 saturated heterocycles. The number of aromatic nitrogens is 2. The molecule has 1 fully saturated rings. The van der Waals surface area contributed by atoms with Gasteiger partial charge < -0.3 is 9.40 Å². The maximum atomic E-state index is 13.1. The molecule has 9 heteroatoms. The van der Waals surface area contributed by atoms with Gasteiger partial charge in [0.15, 0.2) is 0 Å². The SMILES string of the molecule is [2H]C1(c2cc(C(C)C)c(-c3ccnc(-c4[c-]ccc5c4oc4cc(-c6ccc(C(F)(F)F)cc6)ccc45)c3)c(C(C)C)c2)CCC(C)(C)CC1.[CH3][Ge]([CH3])([CH3])[c]1ccc(-c2[c-]cc(F)cc2)nc1.[Ir]. The number of halogens is 4. The van der Waals surface area contributed by atoms with Gasteiger partial charge in [0.05, 0.1) is 11.1 Å². The summed E-state index contributed by atoms with van der Waals surface area (Å²) < 4.78 is 69.7. The van der Waals surface area contributed by atoms with Gasteiger partial charge in [0.2, 0.25) is 0 Å². The molecule has 5 aromatic carbocycles. The van der Waals surface area contributed by atoms with Crippen LogP contribution in [0.2, 0.25) is 17.3 Å². The topological polar surface area (TPSA) is 38.9 Å². The van der Waals surface area contributed by atoms with Gasteiger partial charge in [-0.1, -0.05) is 95.0 Å². The summed E-state index contributed by atoms with van der Waals surface area (Å²) in [7, 11) is 0. The normalized spacial score (nSPS) is 15.0. The monoisotopic (exact) mass is 1140 g/mol. The second kappa shape index (κ2) is 20.0. The van der Waals surface area contributed by atoms with Crippen LogP contribution in [0.25, 0.3) is 66.7 Å². The minimum atomic E-state index is -4.38. The number of furan rings is 1. The summed E-state index contributed by atoms with van der Waals surface area (Å²) in [4.78, 5) is 9.24. The van der Waals surface area contributed by atoms with E-state index < -0.39 is 30.9 Å². The fourth-order valence-electron chi connectivity index (χ4n) is 8.90. The maximum absolute atomic E-state index is 13.1. The first kappa shape index (κ1) is 48.6. The van der Waals surface area contributed by atoms with Gasteiger partial charge in [0.25, 0.3) is 0 Å². The second-order valence-corrected chi connectivity index (χ2v) is 30.8. The zero-order chi connectivity index (χ0) is 48.1. The van der Waals surface area contributed by atoms with Crippen molar-refractivity contribution in [1.82, 2.24) is 9.97 Å². The van der Waals surface area contributed by atoms with Crippen LogP contribution < -0.4 is 4.40 Å². The average Bonchev–Trinajstić information content (AvgIpc) is 3.68. The molecule has 0 bridgehead atoms. The summed E-state index contributed by atoms with van der Waals surface area (Å²) in [6.07, 6.45) is 3.27. The number of benzene rings is 5. The number of fused-ring (bicyclic) bond motifs is 3. The third kappa shape index (κ3) is 11.2. The summed E-state index contributed by atoms with van der Waals surface area (Å²) in [6.45, 7) is 13.6. The molecule has 0 amide bonds. The van der Waals surface area contributed by atoms with E-state index in [9.17, 15) is 18.9 Å². The predicted molar refractivity (Wildman–Crippen MR) is 266 cm³/mol. The van der Waals surface area contributed by atoms with Crippen molar-refractivity contribution < 1.29 is 43.5 Å². The summed E-state index contributed by atoms with van der Waals surface area (Å²) in [5.74, 6) is 6.67. The van der Waals surface area contributed by atoms with E-state index in [4.69, 9.17) is 9.40 Å². The first-order valence-electron chi connectivity index (χ1n) is 23.4. The van der Waals surface area contributed by atoms with Crippen LogP contribution in [0.1, 0.15) is 109 Å². The number of hydrogen-bond acceptors (Lipinski definition) is 3. The first-order chi connectivity index (χ1) is 31.6. The largest absolute Gasteiger partial charge is 0 e. The van der Waals surface area contributed by atoms with E-state index in [1.54, 1.807) is 6.07 Å². The van der Waals surface area contributed by atoms with Crippen LogP contribution in [0.15, 0.2) is 126 Å². The van der Waals surface area contributed by atoms with Gasteiger partial charge in [-0.25, -0.2) is 0 Å². The molecule has 1 aliphatic carbocycles. The molecule has 1 saturated carbocycles. The van der Waals surface area contributed by atoms with Crippen LogP contribution in [-0.4, -0.2) is 23.2 Å². The van der Waals surface area contributed by atoms with E-state index in [0.29, 0.717) is 16.7 Å². The van der Waals surface area contributed by atoms with Crippen LogP contribution in [0, 0.1) is 23.4 Å². The molecular weight excluding hydrogens is 1080 g/mol. The molecule has 0 N–H and O–H groups in total. The van der Waals surface area contributed by atoms with Gasteiger partial charge in [0.1, 0.15) is 5.58 Å². The van der Waals surface area contributed by atoms with Gasteiger partial charge in [-0.15, -0.1) is 18.2 Å². The van der Waals surface area contributed by atoms with E-state index in [-0.39, 0.29) is 43.2 Å². The maximum Gasteiger partial charge on any atom is 0 e. The van der Waals surface area contributed by atoms with Gasteiger partial charge in [-0.05, 0) is 118 Å². The molecule has 3 heterocycles. The molecule has 0 atom stereocenters. The van der Waals surface area contributed by atoms with Crippen molar-refractivity contribution in [3.63, 3.8) is 0 Å². The van der Waals surface area contributed by atoms with Crippen molar-refractivity contribution in [3.05, 3.63) is 162 Å². The smallest absolute Gasteiger partial charge is 0 e. The Morgan fingerprint density at radius 1 is 0.746 bits per heavy atom. The quantitative estimate of drug-likeness (QED) is 0.0865. The molecule has 1 aliphatic rings. The van der Waals surface area contributed by atoms with Crippen LogP contribution in [0.3, 0.4) is 0 Å². The Hall–Kier alpha value is -4.89. The number of nitrogens with zero attached hydrogens (tertiary/aromatic N) is 2. The molecule has 9 rings (SSSR count). The van der Waals surface area contributed by atoms with E-state index in [1.165, 1.54) is 45.4 Å². The fraction of sp³-hybridized carbons (Fsp3) is 0.310. The van der Waals surface area contributed by atoms with E-state index in [2.05, 4.69) is 106 Å². The molecule has 349 valence electrons. The minimum absolute atomic E-state index is 0. The standard InChI is InChI=1S/C44H43F3NO.C14H15FGeN.Ir/c1-26(2)37-22-32(29-16-19-43(5,6)20-17-29)23-38(27(3)4)41(37)31-18-21-48-39(24-31)36-9-7-8-35-34-15-12-30(25-40(34)49-42(35)36)28-10-13-33(14-11-28)44(45,46)47;1-16(2,3)13-8-9-14(17-10-13)11-4-6-12(15)7-5-11;/h7-8,10-15,18,21-27,29H,16-17,19-20H2,1-6H3;4,6-10H,1-3H3;/q2*-1;/i29D;;. The third-order valence-electron chi connectivity index (χ3n) is 13.0. The number of rotatable bonds is 8. The zero-order valence-electron chi connectivity index (χ0n) is 40.7. The molecule has 0 spiro atoms. The van der Waals surface area contributed by atoms with E-state index in [1.807, 2.05) is 48.8 Å². The Morgan fingerprint density at radius 2 is 1.42 bits per heavy atom. The van der Waals surface area contributed by atoms with Crippen LogP contribution >= 0.6 is 0 Å². The van der Waals surface area contributed by atoms with Crippen LogP contribution in [0.4, 0.5) is 17.6 Å². The van der Waals surface area contributed by atoms with Crippen molar-refractivity contribution in [1.29, 1.82) is 0 Å². The number of alkyl halides is 3. The van der Waals surface area contributed by atoms with E-state index in [0.717, 1.165) is 87.8 Å². The Morgan fingerprint density at radius 3 is 2.00 bits per heavy atom. The first-order valence-corrected chi connectivity index (χ1v) is 30.3. The van der Waals surface area contributed by atoms with Crippen molar-refractivity contribution in [2.24, 2.45) is 5.41 Å². The van der Waals surface area contributed by atoms with Gasteiger partial charge in [0, 0.05) is 33.1 Å².